The molecule has 3 heteroatoms. The normalized spacial score (nSPS) is 20.5. The van der Waals surface area contributed by atoms with Crippen LogP contribution in [0, 0.1) is 5.41 Å². The minimum atomic E-state index is -0.276. The van der Waals surface area contributed by atoms with Crippen LogP contribution in [-0.2, 0) is 4.79 Å². The molecule has 1 rings (SSSR count). The van der Waals surface area contributed by atoms with Crippen molar-refractivity contribution in [2.45, 2.75) is 53.0 Å². The fraction of sp³-hybridized carbons (Fsp3) is 0.923. The van der Waals surface area contributed by atoms with E-state index in [1.165, 1.54) is 32.4 Å². The van der Waals surface area contributed by atoms with E-state index in [4.69, 9.17) is 0 Å². The van der Waals surface area contributed by atoms with Crippen molar-refractivity contribution in [1.82, 2.24) is 10.2 Å². The van der Waals surface area contributed by atoms with Crippen molar-refractivity contribution in [3.05, 3.63) is 0 Å². The molecule has 1 unspecified atom stereocenters. The Morgan fingerprint density at radius 1 is 1.25 bits per heavy atom. The van der Waals surface area contributed by atoms with Gasteiger partial charge in [0.2, 0.25) is 5.91 Å². The molecular weight excluding hydrogens is 200 g/mol. The van der Waals surface area contributed by atoms with Gasteiger partial charge in [-0.2, -0.15) is 0 Å². The van der Waals surface area contributed by atoms with E-state index in [9.17, 15) is 4.79 Å². The number of nitrogens with zero attached hydrogens (tertiary/aromatic N) is 1. The molecule has 0 aromatic heterocycles. The molecule has 0 radical (unpaired) electrons. The summed E-state index contributed by atoms with van der Waals surface area (Å²) in [5, 5.41) is 3.04. The number of piperidine rings is 1. The Bertz CT molecular complexity index is 227. The maximum atomic E-state index is 11.7. The van der Waals surface area contributed by atoms with Crippen LogP contribution in [0.4, 0.5) is 0 Å². The third kappa shape index (κ3) is 4.12. The summed E-state index contributed by atoms with van der Waals surface area (Å²) in [4.78, 5) is 14.2. The molecule has 1 amide bonds. The number of carbonyl (C=O) groups excluding carboxylic acids is 1. The lowest BCUT2D eigenvalue weighted by Crippen LogP contribution is -2.46. The average molecular weight is 226 g/mol. The van der Waals surface area contributed by atoms with Gasteiger partial charge >= 0.3 is 0 Å². The van der Waals surface area contributed by atoms with E-state index in [1.807, 2.05) is 20.8 Å². The molecule has 0 aromatic carbocycles. The molecular formula is C13H26N2O. The molecule has 0 spiro atoms. The molecule has 1 atom stereocenters. The van der Waals surface area contributed by atoms with Gasteiger partial charge in [0.25, 0.3) is 0 Å². The zero-order chi connectivity index (χ0) is 12.2. The van der Waals surface area contributed by atoms with Crippen LogP contribution in [0.25, 0.3) is 0 Å². The Morgan fingerprint density at radius 3 is 2.31 bits per heavy atom. The van der Waals surface area contributed by atoms with Gasteiger partial charge in [0.15, 0.2) is 0 Å². The lowest BCUT2D eigenvalue weighted by Gasteiger charge is -2.33. The fourth-order valence-corrected chi connectivity index (χ4v) is 1.99. The predicted octanol–water partition coefficient (Wildman–Crippen LogP) is 2.02. The van der Waals surface area contributed by atoms with E-state index < -0.39 is 0 Å². The Labute approximate surface area is 99.6 Å². The number of rotatable bonds is 3. The zero-order valence-corrected chi connectivity index (χ0v) is 11.2. The summed E-state index contributed by atoms with van der Waals surface area (Å²) in [5.41, 5.74) is -0.276. The summed E-state index contributed by atoms with van der Waals surface area (Å²) in [6.07, 6.45) is 3.96. The smallest absolute Gasteiger partial charge is 0.225 e. The Morgan fingerprint density at radius 2 is 1.81 bits per heavy atom. The second-order valence-electron chi connectivity index (χ2n) is 5.91. The molecule has 1 saturated heterocycles. The largest absolute Gasteiger partial charge is 0.354 e. The van der Waals surface area contributed by atoms with Gasteiger partial charge in [0, 0.05) is 18.0 Å². The van der Waals surface area contributed by atoms with E-state index in [1.54, 1.807) is 0 Å². The van der Waals surface area contributed by atoms with Gasteiger partial charge in [-0.25, -0.2) is 0 Å². The second-order valence-corrected chi connectivity index (χ2v) is 5.91. The predicted molar refractivity (Wildman–Crippen MR) is 67.4 cm³/mol. The maximum Gasteiger partial charge on any atom is 0.225 e. The quantitative estimate of drug-likeness (QED) is 0.798. The molecule has 1 fully saturated rings. The third-order valence-corrected chi connectivity index (χ3v) is 3.25. The maximum absolute atomic E-state index is 11.7. The van der Waals surface area contributed by atoms with E-state index in [2.05, 4.69) is 17.1 Å². The molecule has 0 aromatic rings. The van der Waals surface area contributed by atoms with Crippen molar-refractivity contribution in [2.24, 2.45) is 5.41 Å². The number of hydrogen-bond acceptors (Lipinski definition) is 2. The molecule has 0 saturated carbocycles. The van der Waals surface area contributed by atoms with E-state index in [-0.39, 0.29) is 11.3 Å². The first-order valence-electron chi connectivity index (χ1n) is 6.43. The van der Waals surface area contributed by atoms with Crippen LogP contribution in [0.5, 0.6) is 0 Å². The second kappa shape index (κ2) is 5.67. The van der Waals surface area contributed by atoms with E-state index >= 15 is 0 Å². The molecule has 0 bridgehead atoms. The van der Waals surface area contributed by atoms with Crippen molar-refractivity contribution < 1.29 is 4.79 Å². The minimum absolute atomic E-state index is 0.149. The summed E-state index contributed by atoms with van der Waals surface area (Å²) in [5.74, 6) is 0.149. The molecule has 1 N–H and O–H groups in total. The van der Waals surface area contributed by atoms with Crippen LogP contribution in [0.2, 0.25) is 0 Å². The van der Waals surface area contributed by atoms with Gasteiger partial charge in [-0.3, -0.25) is 9.69 Å². The van der Waals surface area contributed by atoms with Crippen LogP contribution < -0.4 is 5.32 Å². The van der Waals surface area contributed by atoms with Crippen LogP contribution in [0.1, 0.15) is 47.0 Å². The summed E-state index contributed by atoms with van der Waals surface area (Å²) < 4.78 is 0. The third-order valence-electron chi connectivity index (χ3n) is 3.25. The highest BCUT2D eigenvalue weighted by Crippen LogP contribution is 2.14. The summed E-state index contributed by atoms with van der Waals surface area (Å²) in [6, 6.07) is 0.464. The molecule has 1 heterocycles. The van der Waals surface area contributed by atoms with Gasteiger partial charge in [-0.1, -0.05) is 27.2 Å². The number of likely N-dealkylation sites (tertiary alicyclic amines) is 1. The van der Waals surface area contributed by atoms with Gasteiger partial charge in [0.05, 0.1) is 0 Å². The van der Waals surface area contributed by atoms with E-state index in [0.29, 0.717) is 6.04 Å². The van der Waals surface area contributed by atoms with Gasteiger partial charge in [-0.15, -0.1) is 0 Å². The Balaban J connectivity index is 2.29. The minimum Gasteiger partial charge on any atom is -0.354 e. The lowest BCUT2D eigenvalue weighted by atomic mass is 9.95. The summed E-state index contributed by atoms with van der Waals surface area (Å²) >= 11 is 0. The summed E-state index contributed by atoms with van der Waals surface area (Å²) in [6.45, 7) is 11.2. The van der Waals surface area contributed by atoms with Crippen molar-refractivity contribution in [1.29, 1.82) is 0 Å². The molecule has 0 aliphatic carbocycles. The number of hydrogen-bond donors (Lipinski definition) is 1. The summed E-state index contributed by atoms with van der Waals surface area (Å²) in [7, 11) is 0. The molecule has 1 aliphatic rings. The average Bonchev–Trinajstić information content (AvgIpc) is 2.25. The van der Waals surface area contributed by atoms with Crippen LogP contribution in [-0.4, -0.2) is 36.5 Å². The molecule has 16 heavy (non-hydrogen) atoms. The Kier molecular flexibility index (Phi) is 4.78. The standard InChI is InChI=1S/C13H26N2O/c1-11(15-8-6-5-7-9-15)10-14-12(16)13(2,3)4/h11H,5-10H2,1-4H3,(H,14,16). The highest BCUT2D eigenvalue weighted by molar-refractivity contribution is 5.81. The van der Waals surface area contributed by atoms with E-state index in [0.717, 1.165) is 6.54 Å². The number of amides is 1. The topological polar surface area (TPSA) is 32.3 Å². The monoisotopic (exact) mass is 226 g/mol. The van der Waals surface area contributed by atoms with Gasteiger partial charge < -0.3 is 5.32 Å². The van der Waals surface area contributed by atoms with Gasteiger partial charge in [-0.05, 0) is 32.9 Å². The van der Waals surface area contributed by atoms with Gasteiger partial charge in [0.1, 0.15) is 0 Å². The molecule has 94 valence electrons. The van der Waals surface area contributed by atoms with Crippen molar-refractivity contribution in [3.8, 4) is 0 Å². The molecule has 1 aliphatic heterocycles. The first kappa shape index (κ1) is 13.5. The van der Waals surface area contributed by atoms with Crippen LogP contribution >= 0.6 is 0 Å². The number of nitrogens with one attached hydrogen (secondary N) is 1. The Hall–Kier alpha value is -0.570. The van der Waals surface area contributed by atoms with Crippen LogP contribution in [0.15, 0.2) is 0 Å². The van der Waals surface area contributed by atoms with Crippen molar-refractivity contribution in [3.63, 3.8) is 0 Å². The van der Waals surface area contributed by atoms with Crippen LogP contribution in [0.3, 0.4) is 0 Å². The number of carbonyl (C=O) groups is 1. The van der Waals surface area contributed by atoms with Crippen molar-refractivity contribution >= 4 is 5.91 Å². The zero-order valence-electron chi connectivity index (χ0n) is 11.2. The highest BCUT2D eigenvalue weighted by Gasteiger charge is 2.22. The van der Waals surface area contributed by atoms with Crippen molar-refractivity contribution in [2.75, 3.05) is 19.6 Å². The lowest BCUT2D eigenvalue weighted by molar-refractivity contribution is -0.128. The fourth-order valence-electron chi connectivity index (χ4n) is 1.99. The highest BCUT2D eigenvalue weighted by atomic mass is 16.2. The first-order chi connectivity index (χ1) is 7.41. The SMILES string of the molecule is CC(CNC(=O)C(C)(C)C)N1CCCCC1. The molecule has 3 nitrogen and oxygen atoms in total. The first-order valence-corrected chi connectivity index (χ1v) is 6.43.